The van der Waals surface area contributed by atoms with E-state index in [9.17, 15) is 13.2 Å². The zero-order chi connectivity index (χ0) is 20.0. The summed E-state index contributed by atoms with van der Waals surface area (Å²) in [6, 6.07) is 15.4. The van der Waals surface area contributed by atoms with E-state index in [0.29, 0.717) is 12.1 Å². The molecule has 0 saturated carbocycles. The maximum atomic E-state index is 12.3. The Morgan fingerprint density at radius 2 is 1.78 bits per heavy atom. The second-order valence-corrected chi connectivity index (χ2v) is 8.84. The van der Waals surface area contributed by atoms with Gasteiger partial charge in [-0.1, -0.05) is 42.5 Å². The number of hydrogen-bond acceptors (Lipinski definition) is 3. The molecule has 0 aliphatic carbocycles. The molecule has 5 nitrogen and oxygen atoms in total. The van der Waals surface area contributed by atoms with Gasteiger partial charge in [-0.2, -0.15) is 0 Å². The minimum Gasteiger partial charge on any atom is -0.350 e. The fraction of sp³-hybridized carbons (Fsp3) is 0.381. The van der Waals surface area contributed by atoms with E-state index >= 15 is 0 Å². The van der Waals surface area contributed by atoms with Gasteiger partial charge in [-0.3, -0.25) is 9.10 Å². The molecule has 0 radical (unpaired) electrons. The van der Waals surface area contributed by atoms with Crippen molar-refractivity contribution in [3.05, 3.63) is 65.2 Å². The van der Waals surface area contributed by atoms with Crippen molar-refractivity contribution >= 4 is 21.6 Å². The summed E-state index contributed by atoms with van der Waals surface area (Å²) in [6.45, 7) is 6.03. The van der Waals surface area contributed by atoms with Gasteiger partial charge in [0.2, 0.25) is 15.9 Å². The Kier molecular flexibility index (Phi) is 7.02. The molecule has 0 saturated heterocycles. The number of benzene rings is 2. The molecule has 0 heterocycles. The Morgan fingerprint density at radius 3 is 2.41 bits per heavy atom. The number of hydrogen-bond donors (Lipinski definition) is 1. The Hall–Kier alpha value is -2.34. The first kappa shape index (κ1) is 21.0. The van der Waals surface area contributed by atoms with Crippen molar-refractivity contribution in [2.75, 3.05) is 17.1 Å². The van der Waals surface area contributed by atoms with Crippen molar-refractivity contribution in [1.29, 1.82) is 0 Å². The number of rotatable bonds is 8. The van der Waals surface area contributed by atoms with E-state index in [1.54, 1.807) is 0 Å². The molecule has 27 heavy (non-hydrogen) atoms. The third-order valence-corrected chi connectivity index (χ3v) is 5.66. The molecule has 1 N–H and O–H groups in total. The summed E-state index contributed by atoms with van der Waals surface area (Å²) in [6.07, 6.45) is 1.92. The van der Waals surface area contributed by atoms with Gasteiger partial charge in [-0.15, -0.1) is 0 Å². The Bertz CT molecular complexity index is 880. The van der Waals surface area contributed by atoms with E-state index < -0.39 is 10.0 Å². The molecule has 1 atom stereocenters. The van der Waals surface area contributed by atoms with Crippen molar-refractivity contribution in [1.82, 2.24) is 5.32 Å². The van der Waals surface area contributed by atoms with Crippen LogP contribution in [-0.4, -0.2) is 27.1 Å². The first-order valence-electron chi connectivity index (χ1n) is 9.08. The third-order valence-electron chi connectivity index (χ3n) is 4.48. The highest BCUT2D eigenvalue weighted by Gasteiger charge is 2.19. The van der Waals surface area contributed by atoms with E-state index in [0.717, 1.165) is 16.7 Å². The summed E-state index contributed by atoms with van der Waals surface area (Å²) >= 11 is 0. The quantitative estimate of drug-likeness (QED) is 0.749. The molecular weight excluding hydrogens is 360 g/mol. The minimum absolute atomic E-state index is 0.0799. The number of amides is 1. The lowest BCUT2D eigenvalue weighted by molar-refractivity contribution is -0.121. The van der Waals surface area contributed by atoms with E-state index in [1.807, 2.05) is 69.3 Å². The molecule has 6 heteroatoms. The van der Waals surface area contributed by atoms with Crippen LogP contribution in [0.2, 0.25) is 0 Å². The first-order chi connectivity index (χ1) is 12.7. The predicted molar refractivity (Wildman–Crippen MR) is 110 cm³/mol. The summed E-state index contributed by atoms with van der Waals surface area (Å²) in [4.78, 5) is 12.2. The molecule has 0 bridgehead atoms. The second-order valence-electron chi connectivity index (χ2n) is 6.93. The van der Waals surface area contributed by atoms with Gasteiger partial charge >= 0.3 is 0 Å². The second kappa shape index (κ2) is 9.04. The number of sulfonamides is 1. The number of nitrogens with one attached hydrogen (secondary N) is 1. The SMILES string of the molecule is Cc1ccc(C)c(N(CCCC(=O)N[C@H](C)c2ccccc2)S(C)(=O)=O)c1. The highest BCUT2D eigenvalue weighted by atomic mass is 32.2. The van der Waals surface area contributed by atoms with Crippen LogP contribution in [0.25, 0.3) is 0 Å². The lowest BCUT2D eigenvalue weighted by Crippen LogP contribution is -2.33. The van der Waals surface area contributed by atoms with E-state index in [1.165, 1.54) is 10.6 Å². The van der Waals surface area contributed by atoms with Crippen LogP contribution in [0.3, 0.4) is 0 Å². The van der Waals surface area contributed by atoms with Crippen LogP contribution in [0.1, 0.15) is 42.5 Å². The van der Waals surface area contributed by atoms with Gasteiger partial charge < -0.3 is 5.32 Å². The van der Waals surface area contributed by atoms with Gasteiger partial charge in [-0.25, -0.2) is 8.42 Å². The lowest BCUT2D eigenvalue weighted by Gasteiger charge is -2.24. The molecule has 0 unspecified atom stereocenters. The molecule has 1 amide bonds. The van der Waals surface area contributed by atoms with Crippen LogP contribution in [0.4, 0.5) is 5.69 Å². The highest BCUT2D eigenvalue weighted by Crippen LogP contribution is 2.24. The molecular formula is C21H28N2O3S. The van der Waals surface area contributed by atoms with Crippen LogP contribution < -0.4 is 9.62 Å². The van der Waals surface area contributed by atoms with Crippen LogP contribution in [0, 0.1) is 13.8 Å². The van der Waals surface area contributed by atoms with Crippen LogP contribution >= 0.6 is 0 Å². The summed E-state index contributed by atoms with van der Waals surface area (Å²) in [7, 11) is -3.42. The monoisotopic (exact) mass is 388 g/mol. The molecule has 2 aromatic carbocycles. The van der Waals surface area contributed by atoms with Crippen LogP contribution in [0.5, 0.6) is 0 Å². The standard InChI is InChI=1S/C21H28N2O3S/c1-16-12-13-17(2)20(15-16)23(27(4,25)26)14-8-11-21(24)22-18(3)19-9-6-5-7-10-19/h5-7,9-10,12-13,15,18H,8,11,14H2,1-4H3,(H,22,24)/t18-/m1/s1. The largest absolute Gasteiger partial charge is 0.350 e. The zero-order valence-corrected chi connectivity index (χ0v) is 17.2. The minimum atomic E-state index is -3.42. The van der Waals surface area contributed by atoms with E-state index in [4.69, 9.17) is 0 Å². The zero-order valence-electron chi connectivity index (χ0n) is 16.4. The molecule has 0 spiro atoms. The molecule has 0 aliphatic heterocycles. The maximum absolute atomic E-state index is 12.3. The van der Waals surface area contributed by atoms with Crippen LogP contribution in [-0.2, 0) is 14.8 Å². The average molecular weight is 389 g/mol. The summed E-state index contributed by atoms with van der Waals surface area (Å²) in [5, 5.41) is 2.96. The van der Waals surface area contributed by atoms with Crippen molar-refractivity contribution in [3.8, 4) is 0 Å². The average Bonchev–Trinajstić information content (AvgIpc) is 2.61. The van der Waals surface area contributed by atoms with Gasteiger partial charge in [0.25, 0.3) is 0 Å². The summed E-state index contributed by atoms with van der Waals surface area (Å²) in [5.74, 6) is -0.0826. The Labute approximate surface area is 162 Å². The lowest BCUT2D eigenvalue weighted by atomic mass is 10.1. The van der Waals surface area contributed by atoms with Crippen LogP contribution in [0.15, 0.2) is 48.5 Å². The van der Waals surface area contributed by atoms with Crippen molar-refractivity contribution in [2.45, 2.75) is 39.7 Å². The summed E-state index contributed by atoms with van der Waals surface area (Å²) in [5.41, 5.74) is 3.61. The number of carbonyl (C=O) groups is 1. The molecule has 0 aliphatic rings. The normalized spacial score (nSPS) is 12.4. The Balaban J connectivity index is 1.98. The predicted octanol–water partition coefficient (Wildman–Crippen LogP) is 3.73. The number of aryl methyl sites for hydroxylation is 2. The molecule has 0 aromatic heterocycles. The third kappa shape index (κ3) is 6.10. The highest BCUT2D eigenvalue weighted by molar-refractivity contribution is 7.92. The van der Waals surface area contributed by atoms with Gasteiger partial charge in [0.15, 0.2) is 0 Å². The molecule has 0 fully saturated rings. The first-order valence-corrected chi connectivity index (χ1v) is 10.9. The fourth-order valence-corrected chi connectivity index (χ4v) is 3.99. The number of nitrogens with zero attached hydrogens (tertiary/aromatic N) is 1. The maximum Gasteiger partial charge on any atom is 0.232 e. The van der Waals surface area contributed by atoms with E-state index in [-0.39, 0.29) is 24.9 Å². The van der Waals surface area contributed by atoms with Crippen molar-refractivity contribution < 1.29 is 13.2 Å². The van der Waals surface area contributed by atoms with Gasteiger partial charge in [0.1, 0.15) is 0 Å². The van der Waals surface area contributed by atoms with Crippen molar-refractivity contribution in [3.63, 3.8) is 0 Å². The van der Waals surface area contributed by atoms with Gasteiger partial charge in [0, 0.05) is 13.0 Å². The molecule has 146 valence electrons. The summed E-state index contributed by atoms with van der Waals surface area (Å²) < 4.78 is 25.9. The topological polar surface area (TPSA) is 66.5 Å². The fourth-order valence-electron chi connectivity index (χ4n) is 2.97. The van der Waals surface area contributed by atoms with E-state index in [2.05, 4.69) is 5.32 Å². The molecule has 2 aromatic rings. The van der Waals surface area contributed by atoms with Crippen molar-refractivity contribution in [2.24, 2.45) is 0 Å². The van der Waals surface area contributed by atoms with Gasteiger partial charge in [-0.05, 0) is 49.9 Å². The molecule has 2 rings (SSSR count). The number of carbonyl (C=O) groups excluding carboxylic acids is 1. The van der Waals surface area contributed by atoms with Gasteiger partial charge in [0.05, 0.1) is 18.0 Å². The Morgan fingerprint density at radius 1 is 1.11 bits per heavy atom. The number of anilines is 1. The smallest absolute Gasteiger partial charge is 0.232 e.